The summed E-state index contributed by atoms with van der Waals surface area (Å²) in [6.07, 6.45) is 4.53. The minimum Gasteiger partial charge on any atom is -0.463 e. The Morgan fingerprint density at radius 1 is 1.31 bits per heavy atom. The normalized spacial score (nSPS) is 11.0. The molecule has 0 aliphatic heterocycles. The van der Waals surface area contributed by atoms with Crippen molar-refractivity contribution in [2.24, 2.45) is 0 Å². The van der Waals surface area contributed by atoms with Crippen molar-refractivity contribution in [1.82, 2.24) is 9.55 Å². The molecule has 0 fully saturated rings. The molecule has 3 aromatic rings. The summed E-state index contributed by atoms with van der Waals surface area (Å²) in [7, 11) is 0. The average molecular weight is 408 g/mol. The van der Waals surface area contributed by atoms with Gasteiger partial charge in [0.2, 0.25) is 0 Å². The molecule has 2 aromatic heterocycles. The third-order valence-electron chi connectivity index (χ3n) is 4.42. The van der Waals surface area contributed by atoms with Crippen LogP contribution in [0, 0.1) is 18.3 Å². The van der Waals surface area contributed by atoms with Crippen LogP contribution in [0.15, 0.2) is 42.6 Å². The molecule has 0 saturated carbocycles. The van der Waals surface area contributed by atoms with Crippen LogP contribution in [0.2, 0.25) is 0 Å². The van der Waals surface area contributed by atoms with E-state index in [2.05, 4.69) is 11.1 Å². The molecule has 7 heteroatoms. The SMILES string of the molecule is CCOC(=O)/C=C/c1cnc2c(C(=O)CCl)c(C)n(-c3ccc(C#N)cc3)c2c1. The topological polar surface area (TPSA) is 85.0 Å². The second-order valence-corrected chi connectivity index (χ2v) is 6.50. The summed E-state index contributed by atoms with van der Waals surface area (Å²) in [4.78, 5) is 28.5. The van der Waals surface area contributed by atoms with E-state index in [0.29, 0.717) is 40.0 Å². The lowest BCUT2D eigenvalue weighted by Crippen LogP contribution is -2.04. The molecule has 0 aliphatic rings. The van der Waals surface area contributed by atoms with E-state index in [-0.39, 0.29) is 11.7 Å². The zero-order chi connectivity index (χ0) is 21.0. The second-order valence-electron chi connectivity index (χ2n) is 6.23. The van der Waals surface area contributed by atoms with Crippen LogP contribution in [-0.2, 0) is 9.53 Å². The Kier molecular flexibility index (Phi) is 6.10. The average Bonchev–Trinajstić information content (AvgIpc) is 3.03. The van der Waals surface area contributed by atoms with E-state index < -0.39 is 5.97 Å². The van der Waals surface area contributed by atoms with Crippen LogP contribution in [0.3, 0.4) is 0 Å². The number of carbonyl (C=O) groups excluding carboxylic acids is 2. The number of hydrogen-bond donors (Lipinski definition) is 0. The number of halogens is 1. The van der Waals surface area contributed by atoms with Gasteiger partial charge in [0, 0.05) is 23.7 Å². The number of benzene rings is 1. The van der Waals surface area contributed by atoms with Crippen LogP contribution in [0.1, 0.15) is 34.1 Å². The summed E-state index contributed by atoms with van der Waals surface area (Å²) in [5.41, 5.74) is 4.40. The number of hydrogen-bond acceptors (Lipinski definition) is 5. The quantitative estimate of drug-likeness (QED) is 0.264. The van der Waals surface area contributed by atoms with Gasteiger partial charge in [0.15, 0.2) is 5.78 Å². The predicted molar refractivity (Wildman–Crippen MR) is 111 cm³/mol. The Labute approximate surface area is 173 Å². The van der Waals surface area contributed by atoms with Gasteiger partial charge in [-0.3, -0.25) is 9.78 Å². The van der Waals surface area contributed by atoms with E-state index in [1.54, 1.807) is 43.5 Å². The summed E-state index contributed by atoms with van der Waals surface area (Å²) < 4.78 is 6.79. The van der Waals surface area contributed by atoms with Gasteiger partial charge < -0.3 is 9.30 Å². The highest BCUT2D eigenvalue weighted by atomic mass is 35.5. The Hall–Kier alpha value is -3.43. The minimum atomic E-state index is -0.441. The summed E-state index contributed by atoms with van der Waals surface area (Å²) in [6, 6.07) is 11.0. The van der Waals surface area contributed by atoms with Gasteiger partial charge in [-0.1, -0.05) is 0 Å². The molecule has 0 saturated heterocycles. The number of rotatable bonds is 6. The van der Waals surface area contributed by atoms with Crippen molar-refractivity contribution in [3.05, 3.63) is 65.0 Å². The molecule has 1 aromatic carbocycles. The van der Waals surface area contributed by atoms with Crippen LogP contribution in [0.4, 0.5) is 0 Å². The number of ether oxygens (including phenoxy) is 1. The first-order valence-electron chi connectivity index (χ1n) is 8.95. The van der Waals surface area contributed by atoms with Crippen LogP contribution in [0.25, 0.3) is 22.8 Å². The number of fused-ring (bicyclic) bond motifs is 1. The van der Waals surface area contributed by atoms with Crippen molar-refractivity contribution in [2.45, 2.75) is 13.8 Å². The molecular formula is C22H18ClN3O3. The monoisotopic (exact) mass is 407 g/mol. The van der Waals surface area contributed by atoms with Crippen LogP contribution < -0.4 is 0 Å². The van der Waals surface area contributed by atoms with E-state index in [1.165, 1.54) is 6.08 Å². The number of ketones is 1. The van der Waals surface area contributed by atoms with E-state index in [9.17, 15) is 9.59 Å². The van der Waals surface area contributed by atoms with Gasteiger partial charge in [-0.2, -0.15) is 5.26 Å². The molecular weight excluding hydrogens is 390 g/mol. The molecule has 0 aliphatic carbocycles. The molecule has 0 amide bonds. The largest absolute Gasteiger partial charge is 0.463 e. The maximum absolute atomic E-state index is 12.5. The summed E-state index contributed by atoms with van der Waals surface area (Å²) in [5, 5.41) is 9.04. The summed E-state index contributed by atoms with van der Waals surface area (Å²) >= 11 is 5.81. The van der Waals surface area contributed by atoms with Gasteiger partial charge >= 0.3 is 5.97 Å². The zero-order valence-electron chi connectivity index (χ0n) is 16.0. The van der Waals surface area contributed by atoms with Crippen molar-refractivity contribution in [3.8, 4) is 11.8 Å². The standard InChI is InChI=1S/C22H18ClN3O3/c1-3-29-20(28)9-6-16-10-18-22(25-13-16)21(19(27)11-23)14(2)26(18)17-7-4-15(12-24)5-8-17/h4-10,13H,3,11H2,1-2H3/b9-6+. The number of esters is 1. The maximum atomic E-state index is 12.5. The number of pyridine rings is 1. The third kappa shape index (κ3) is 4.05. The molecule has 0 bridgehead atoms. The molecule has 0 unspecified atom stereocenters. The Bertz CT molecular complexity index is 1150. The lowest BCUT2D eigenvalue weighted by molar-refractivity contribution is -0.137. The van der Waals surface area contributed by atoms with Crippen LogP contribution in [-0.4, -0.2) is 33.8 Å². The molecule has 6 nitrogen and oxygen atoms in total. The molecule has 146 valence electrons. The fourth-order valence-electron chi connectivity index (χ4n) is 3.16. The third-order valence-corrected chi connectivity index (χ3v) is 4.66. The highest BCUT2D eigenvalue weighted by Gasteiger charge is 2.21. The number of nitriles is 1. The lowest BCUT2D eigenvalue weighted by Gasteiger charge is -2.09. The van der Waals surface area contributed by atoms with E-state index in [4.69, 9.17) is 21.6 Å². The number of Topliss-reactive ketones (excluding diaryl/α,β-unsaturated/α-hetero) is 1. The fourth-order valence-corrected chi connectivity index (χ4v) is 3.29. The Morgan fingerprint density at radius 3 is 2.66 bits per heavy atom. The van der Waals surface area contributed by atoms with Crippen molar-refractivity contribution in [3.63, 3.8) is 0 Å². The van der Waals surface area contributed by atoms with Gasteiger partial charge in [0.25, 0.3) is 0 Å². The van der Waals surface area contributed by atoms with Gasteiger partial charge in [-0.15, -0.1) is 11.6 Å². The van der Waals surface area contributed by atoms with E-state index in [0.717, 1.165) is 5.69 Å². The minimum absolute atomic E-state index is 0.153. The van der Waals surface area contributed by atoms with Gasteiger partial charge in [-0.25, -0.2) is 4.79 Å². The molecule has 2 heterocycles. The van der Waals surface area contributed by atoms with Crippen molar-refractivity contribution in [1.29, 1.82) is 5.26 Å². The zero-order valence-corrected chi connectivity index (χ0v) is 16.7. The number of carbonyl (C=O) groups is 2. The van der Waals surface area contributed by atoms with Gasteiger partial charge in [-0.05, 0) is 55.8 Å². The van der Waals surface area contributed by atoms with Crippen molar-refractivity contribution >= 4 is 40.5 Å². The second kappa shape index (κ2) is 8.72. The Balaban J connectivity index is 2.20. The molecule has 0 atom stereocenters. The van der Waals surface area contributed by atoms with Gasteiger partial charge in [0.05, 0.1) is 40.7 Å². The van der Waals surface area contributed by atoms with Gasteiger partial charge in [0.1, 0.15) is 0 Å². The predicted octanol–water partition coefficient (Wildman–Crippen LogP) is 4.20. The Morgan fingerprint density at radius 2 is 2.03 bits per heavy atom. The molecule has 0 radical (unpaired) electrons. The number of aromatic nitrogens is 2. The first kappa shape index (κ1) is 20.3. The molecule has 0 spiro atoms. The first-order chi connectivity index (χ1) is 14.0. The first-order valence-corrected chi connectivity index (χ1v) is 9.49. The summed E-state index contributed by atoms with van der Waals surface area (Å²) in [5.74, 6) is -0.812. The van der Waals surface area contributed by atoms with Crippen molar-refractivity contribution in [2.75, 3.05) is 12.5 Å². The van der Waals surface area contributed by atoms with Crippen LogP contribution in [0.5, 0.6) is 0 Å². The highest BCUT2D eigenvalue weighted by molar-refractivity contribution is 6.32. The highest BCUT2D eigenvalue weighted by Crippen LogP contribution is 2.29. The number of nitrogens with zero attached hydrogens (tertiary/aromatic N) is 3. The lowest BCUT2D eigenvalue weighted by atomic mass is 10.1. The fraction of sp³-hybridized carbons (Fsp3) is 0.182. The molecule has 29 heavy (non-hydrogen) atoms. The maximum Gasteiger partial charge on any atom is 0.330 e. The summed E-state index contributed by atoms with van der Waals surface area (Å²) in [6.45, 7) is 3.86. The molecule has 0 N–H and O–H groups in total. The van der Waals surface area contributed by atoms with Crippen molar-refractivity contribution < 1.29 is 14.3 Å². The number of alkyl halides is 1. The van der Waals surface area contributed by atoms with E-state index >= 15 is 0 Å². The molecule has 3 rings (SSSR count). The van der Waals surface area contributed by atoms with Crippen LogP contribution >= 0.6 is 11.6 Å². The smallest absolute Gasteiger partial charge is 0.330 e. The van der Waals surface area contributed by atoms with E-state index in [1.807, 2.05) is 17.6 Å².